The van der Waals surface area contributed by atoms with Crippen LogP contribution in [0.3, 0.4) is 0 Å². The lowest BCUT2D eigenvalue weighted by Crippen LogP contribution is -1.90. The van der Waals surface area contributed by atoms with Crippen LogP contribution < -0.4 is 0 Å². The van der Waals surface area contributed by atoms with Crippen LogP contribution >= 0.6 is 11.6 Å². The van der Waals surface area contributed by atoms with Crippen molar-refractivity contribution in [1.82, 2.24) is 9.97 Å². The number of benzene rings is 1. The molecular weight excluding hydrogens is 246 g/mol. The zero-order chi connectivity index (χ0) is 12.0. The second-order valence-electron chi connectivity index (χ2n) is 4.21. The maximum atomic E-state index is 13.6. The first kappa shape index (κ1) is 10.7. The molecule has 0 spiro atoms. The Hall–Kier alpha value is -1.42. The Morgan fingerprint density at radius 3 is 2.71 bits per heavy atom. The van der Waals surface area contributed by atoms with Crippen LogP contribution in [-0.4, -0.2) is 9.97 Å². The summed E-state index contributed by atoms with van der Waals surface area (Å²) in [5.74, 6) is -0.378. The Bertz CT molecular complexity index is 576. The minimum atomic E-state index is -0.646. The predicted molar refractivity (Wildman–Crippen MR) is 60.9 cm³/mol. The molecule has 0 aliphatic heterocycles. The minimum absolute atomic E-state index is 0.110. The van der Waals surface area contributed by atoms with Crippen LogP contribution in [0.1, 0.15) is 24.5 Å². The Morgan fingerprint density at radius 1 is 1.24 bits per heavy atom. The highest BCUT2D eigenvalue weighted by Gasteiger charge is 2.26. The molecule has 1 aliphatic carbocycles. The number of H-pyrrole nitrogens is 1. The van der Waals surface area contributed by atoms with E-state index in [1.165, 1.54) is 0 Å². The molecule has 1 aromatic carbocycles. The van der Waals surface area contributed by atoms with Gasteiger partial charge in [-0.15, -0.1) is 0 Å². The molecule has 3 rings (SSSR count). The molecule has 2 aromatic rings. The van der Waals surface area contributed by atoms with E-state index < -0.39 is 11.6 Å². The lowest BCUT2D eigenvalue weighted by atomic mass is 10.2. The highest BCUT2D eigenvalue weighted by atomic mass is 35.5. The molecule has 0 amide bonds. The van der Waals surface area contributed by atoms with Crippen molar-refractivity contribution in [2.75, 3.05) is 0 Å². The molecule has 1 aliphatic rings. The van der Waals surface area contributed by atoms with Gasteiger partial charge in [0.15, 0.2) is 0 Å². The maximum Gasteiger partial charge on any atom is 0.142 e. The van der Waals surface area contributed by atoms with Gasteiger partial charge in [0, 0.05) is 17.8 Å². The van der Waals surface area contributed by atoms with Crippen LogP contribution in [0.4, 0.5) is 8.78 Å². The third-order valence-corrected chi connectivity index (χ3v) is 3.17. The first-order valence-corrected chi connectivity index (χ1v) is 5.73. The van der Waals surface area contributed by atoms with Crippen molar-refractivity contribution in [3.63, 3.8) is 0 Å². The topological polar surface area (TPSA) is 28.7 Å². The summed E-state index contributed by atoms with van der Waals surface area (Å²) in [7, 11) is 0. The summed E-state index contributed by atoms with van der Waals surface area (Å²) in [6.45, 7) is 0. The van der Waals surface area contributed by atoms with E-state index in [-0.39, 0.29) is 10.6 Å². The number of imidazole rings is 1. The molecule has 17 heavy (non-hydrogen) atoms. The van der Waals surface area contributed by atoms with E-state index in [2.05, 4.69) is 9.97 Å². The summed E-state index contributed by atoms with van der Waals surface area (Å²) in [5.41, 5.74) is 1.09. The molecule has 0 radical (unpaired) electrons. The van der Waals surface area contributed by atoms with Gasteiger partial charge in [0.05, 0.1) is 10.6 Å². The molecule has 1 N–H and O–H groups in total. The van der Waals surface area contributed by atoms with Gasteiger partial charge in [-0.3, -0.25) is 0 Å². The highest BCUT2D eigenvalue weighted by molar-refractivity contribution is 6.30. The number of nitrogens with one attached hydrogen (secondary N) is 1. The SMILES string of the molecule is Fc1cc(-c2ncc(C3CC3)[nH]2)c(F)cc1Cl. The lowest BCUT2D eigenvalue weighted by Gasteiger charge is -2.01. The largest absolute Gasteiger partial charge is 0.342 e. The number of halogens is 3. The summed E-state index contributed by atoms with van der Waals surface area (Å²) in [4.78, 5) is 7.09. The molecule has 0 unspecified atom stereocenters. The van der Waals surface area contributed by atoms with Gasteiger partial charge in [-0.25, -0.2) is 13.8 Å². The van der Waals surface area contributed by atoms with Gasteiger partial charge in [0.25, 0.3) is 0 Å². The second kappa shape index (κ2) is 3.81. The summed E-state index contributed by atoms with van der Waals surface area (Å²) < 4.78 is 26.9. The van der Waals surface area contributed by atoms with Crippen molar-refractivity contribution in [1.29, 1.82) is 0 Å². The minimum Gasteiger partial charge on any atom is -0.342 e. The van der Waals surface area contributed by atoms with Gasteiger partial charge in [-0.05, 0) is 25.0 Å². The van der Waals surface area contributed by atoms with E-state index >= 15 is 0 Å². The Morgan fingerprint density at radius 2 is 2.00 bits per heavy atom. The summed E-state index contributed by atoms with van der Waals surface area (Å²) in [5, 5.41) is -0.222. The predicted octanol–water partition coefficient (Wildman–Crippen LogP) is 3.89. The Kier molecular flexibility index (Phi) is 2.40. The van der Waals surface area contributed by atoms with Crippen LogP contribution in [0.2, 0.25) is 5.02 Å². The Labute approximate surface area is 102 Å². The zero-order valence-electron chi connectivity index (χ0n) is 8.80. The first-order valence-electron chi connectivity index (χ1n) is 5.35. The fourth-order valence-electron chi connectivity index (χ4n) is 1.78. The van der Waals surface area contributed by atoms with Crippen LogP contribution in [0, 0.1) is 11.6 Å². The van der Waals surface area contributed by atoms with Gasteiger partial charge in [-0.1, -0.05) is 11.6 Å². The standard InChI is InChI=1S/C12H9ClF2N2/c13-8-4-9(14)7(3-10(8)15)12-16-5-11(17-12)6-1-2-6/h3-6H,1-2H2,(H,16,17). The number of nitrogens with zero attached hydrogens (tertiary/aromatic N) is 1. The number of rotatable bonds is 2. The van der Waals surface area contributed by atoms with Crippen LogP contribution in [0.25, 0.3) is 11.4 Å². The fraction of sp³-hybridized carbons (Fsp3) is 0.250. The molecule has 0 saturated heterocycles. The van der Waals surface area contributed by atoms with Gasteiger partial charge in [-0.2, -0.15) is 0 Å². The van der Waals surface area contributed by atoms with Crippen molar-refractivity contribution in [3.05, 3.63) is 40.7 Å². The number of hydrogen-bond donors (Lipinski definition) is 1. The van der Waals surface area contributed by atoms with Crippen molar-refractivity contribution < 1.29 is 8.78 Å². The van der Waals surface area contributed by atoms with Gasteiger partial charge >= 0.3 is 0 Å². The van der Waals surface area contributed by atoms with Gasteiger partial charge in [0.2, 0.25) is 0 Å². The first-order chi connectivity index (χ1) is 8.15. The fourth-order valence-corrected chi connectivity index (χ4v) is 1.93. The smallest absolute Gasteiger partial charge is 0.142 e. The molecular formula is C12H9ClF2N2. The summed E-state index contributed by atoms with van der Waals surface area (Å²) in [6, 6.07) is 2.03. The number of aromatic nitrogens is 2. The normalized spacial score (nSPS) is 15.2. The monoisotopic (exact) mass is 254 g/mol. The van der Waals surface area contributed by atoms with Crippen molar-refractivity contribution >= 4 is 11.6 Å². The van der Waals surface area contributed by atoms with E-state index in [1.54, 1.807) is 6.20 Å². The lowest BCUT2D eigenvalue weighted by molar-refractivity contribution is 0.602. The number of hydrogen-bond acceptors (Lipinski definition) is 1. The van der Waals surface area contributed by atoms with Crippen LogP contribution in [-0.2, 0) is 0 Å². The molecule has 0 bridgehead atoms. The third kappa shape index (κ3) is 1.93. The average Bonchev–Trinajstić information content (AvgIpc) is 3.03. The second-order valence-corrected chi connectivity index (χ2v) is 4.61. The van der Waals surface area contributed by atoms with E-state index in [9.17, 15) is 8.78 Å². The van der Waals surface area contributed by atoms with E-state index in [1.807, 2.05) is 0 Å². The molecule has 1 saturated carbocycles. The molecule has 1 heterocycles. The Balaban J connectivity index is 2.04. The van der Waals surface area contributed by atoms with Crippen molar-refractivity contribution in [2.45, 2.75) is 18.8 Å². The van der Waals surface area contributed by atoms with Crippen LogP contribution in [0.5, 0.6) is 0 Å². The number of aromatic amines is 1. The highest BCUT2D eigenvalue weighted by Crippen LogP contribution is 2.39. The van der Waals surface area contributed by atoms with E-state index in [0.717, 1.165) is 30.7 Å². The molecule has 1 fully saturated rings. The van der Waals surface area contributed by atoms with Crippen molar-refractivity contribution in [3.8, 4) is 11.4 Å². The van der Waals surface area contributed by atoms with Crippen molar-refractivity contribution in [2.24, 2.45) is 0 Å². The van der Waals surface area contributed by atoms with E-state index in [0.29, 0.717) is 11.7 Å². The quantitative estimate of drug-likeness (QED) is 0.810. The van der Waals surface area contributed by atoms with Gasteiger partial charge in [0.1, 0.15) is 17.5 Å². The third-order valence-electron chi connectivity index (χ3n) is 2.88. The van der Waals surface area contributed by atoms with Crippen LogP contribution in [0.15, 0.2) is 18.3 Å². The zero-order valence-corrected chi connectivity index (χ0v) is 9.56. The molecule has 88 valence electrons. The molecule has 0 atom stereocenters. The average molecular weight is 255 g/mol. The van der Waals surface area contributed by atoms with E-state index in [4.69, 9.17) is 11.6 Å². The summed E-state index contributed by atoms with van der Waals surface area (Å²) in [6.07, 6.45) is 3.93. The molecule has 5 heteroatoms. The molecule has 2 nitrogen and oxygen atoms in total. The van der Waals surface area contributed by atoms with Gasteiger partial charge < -0.3 is 4.98 Å². The molecule has 1 aromatic heterocycles. The maximum absolute atomic E-state index is 13.6. The summed E-state index contributed by atoms with van der Waals surface area (Å²) >= 11 is 5.49.